The van der Waals surface area contributed by atoms with E-state index >= 15 is 0 Å². The first kappa shape index (κ1) is 12.6. The molecule has 0 saturated carbocycles. The lowest BCUT2D eigenvalue weighted by Crippen LogP contribution is -2.14. The van der Waals surface area contributed by atoms with E-state index in [-0.39, 0.29) is 12.3 Å². The van der Waals surface area contributed by atoms with Crippen LogP contribution in [-0.4, -0.2) is 36.3 Å². The molecule has 0 aromatic carbocycles. The predicted molar refractivity (Wildman–Crippen MR) is 65.1 cm³/mol. The third kappa shape index (κ3) is 2.89. The van der Waals surface area contributed by atoms with Crippen LogP contribution in [0, 0.1) is 12.8 Å². The Balaban J connectivity index is 2.15. The van der Waals surface area contributed by atoms with Crippen molar-refractivity contribution in [3.63, 3.8) is 0 Å². The Kier molecular flexibility index (Phi) is 3.66. The molecule has 0 aliphatic heterocycles. The highest BCUT2D eigenvalue weighted by Crippen LogP contribution is 2.19. The van der Waals surface area contributed by atoms with Gasteiger partial charge in [0.1, 0.15) is 5.69 Å². The first-order valence-electron chi connectivity index (χ1n) is 5.46. The molecule has 0 aliphatic carbocycles. The van der Waals surface area contributed by atoms with Crippen molar-refractivity contribution >= 4 is 17.3 Å². The molecule has 18 heavy (non-hydrogen) atoms. The van der Waals surface area contributed by atoms with Gasteiger partial charge in [-0.25, -0.2) is 9.67 Å². The van der Waals surface area contributed by atoms with Gasteiger partial charge < -0.3 is 5.11 Å². The van der Waals surface area contributed by atoms with Crippen LogP contribution in [0.4, 0.5) is 0 Å². The fraction of sp³-hybridized carbons (Fsp3) is 0.500. The van der Waals surface area contributed by atoms with Gasteiger partial charge in [0.05, 0.1) is 5.01 Å². The highest BCUT2D eigenvalue weighted by atomic mass is 32.1. The Labute approximate surface area is 107 Å². The molecule has 2 rings (SSSR count). The summed E-state index contributed by atoms with van der Waals surface area (Å²) in [5, 5.41) is 23.0. The van der Waals surface area contributed by atoms with Crippen molar-refractivity contribution in [2.75, 3.05) is 0 Å². The largest absolute Gasteiger partial charge is 0.481 e. The van der Waals surface area contributed by atoms with Gasteiger partial charge in [0.15, 0.2) is 0 Å². The average Bonchev–Trinajstić information content (AvgIpc) is 2.85. The second-order valence-electron chi connectivity index (χ2n) is 4.14. The minimum Gasteiger partial charge on any atom is -0.481 e. The number of tetrazole rings is 1. The number of hydrogen-bond donors (Lipinski definition) is 1. The van der Waals surface area contributed by atoms with Crippen LogP contribution in [0.5, 0.6) is 0 Å². The second kappa shape index (κ2) is 5.21. The van der Waals surface area contributed by atoms with Crippen LogP contribution >= 0.6 is 11.3 Å². The average molecular weight is 267 g/mol. The summed E-state index contributed by atoms with van der Waals surface area (Å²) in [5.41, 5.74) is 0.727. The number of aliphatic carboxylic acids is 1. The maximum atomic E-state index is 10.6. The van der Waals surface area contributed by atoms with Crippen molar-refractivity contribution in [2.24, 2.45) is 5.92 Å². The Morgan fingerprint density at radius 3 is 3.00 bits per heavy atom. The van der Waals surface area contributed by atoms with Gasteiger partial charge in [-0.3, -0.25) is 4.79 Å². The molecule has 0 amide bonds. The van der Waals surface area contributed by atoms with Crippen molar-refractivity contribution in [3.05, 3.63) is 10.4 Å². The number of thiazole rings is 1. The number of carbonyl (C=O) groups is 1. The fourth-order valence-electron chi connectivity index (χ4n) is 1.64. The van der Waals surface area contributed by atoms with Gasteiger partial charge in [-0.2, -0.15) is 0 Å². The molecular weight excluding hydrogens is 254 g/mol. The SMILES string of the molecule is Cc1nc(-c2nnnn2CC(C)CC(=O)O)cs1. The van der Waals surface area contributed by atoms with Gasteiger partial charge in [0.25, 0.3) is 0 Å². The number of carboxylic acid groups (broad SMARTS) is 1. The zero-order valence-electron chi connectivity index (χ0n) is 10.1. The van der Waals surface area contributed by atoms with Gasteiger partial charge in [0.2, 0.25) is 5.82 Å². The molecule has 96 valence electrons. The topological polar surface area (TPSA) is 93.8 Å². The standard InChI is InChI=1S/C10H13N5O2S/c1-6(3-9(16)17)4-15-10(12-13-14-15)8-5-18-7(2)11-8/h5-6H,3-4H2,1-2H3,(H,16,17). The van der Waals surface area contributed by atoms with Crippen molar-refractivity contribution in [2.45, 2.75) is 26.8 Å². The molecule has 0 bridgehead atoms. The van der Waals surface area contributed by atoms with Crippen LogP contribution < -0.4 is 0 Å². The van der Waals surface area contributed by atoms with E-state index in [0.717, 1.165) is 10.7 Å². The van der Waals surface area contributed by atoms with E-state index in [1.165, 1.54) is 11.3 Å². The quantitative estimate of drug-likeness (QED) is 0.875. The molecule has 1 unspecified atom stereocenters. The Morgan fingerprint density at radius 2 is 2.39 bits per heavy atom. The maximum Gasteiger partial charge on any atom is 0.303 e. The van der Waals surface area contributed by atoms with Gasteiger partial charge in [-0.1, -0.05) is 6.92 Å². The number of carboxylic acids is 1. The Hall–Kier alpha value is -1.83. The smallest absolute Gasteiger partial charge is 0.303 e. The highest BCUT2D eigenvalue weighted by molar-refractivity contribution is 7.09. The van der Waals surface area contributed by atoms with Gasteiger partial charge in [0, 0.05) is 18.3 Å². The zero-order valence-corrected chi connectivity index (χ0v) is 10.9. The molecule has 1 atom stereocenters. The minimum atomic E-state index is -0.818. The lowest BCUT2D eigenvalue weighted by atomic mass is 10.1. The zero-order chi connectivity index (χ0) is 13.1. The van der Waals surface area contributed by atoms with Crippen LogP contribution in [-0.2, 0) is 11.3 Å². The van der Waals surface area contributed by atoms with Crippen LogP contribution in [0.3, 0.4) is 0 Å². The lowest BCUT2D eigenvalue weighted by molar-refractivity contribution is -0.138. The number of aromatic nitrogens is 5. The maximum absolute atomic E-state index is 10.6. The Morgan fingerprint density at radius 1 is 1.61 bits per heavy atom. The lowest BCUT2D eigenvalue weighted by Gasteiger charge is -2.08. The monoisotopic (exact) mass is 267 g/mol. The van der Waals surface area contributed by atoms with E-state index in [0.29, 0.717) is 12.4 Å². The molecule has 7 nitrogen and oxygen atoms in total. The van der Waals surface area contributed by atoms with Gasteiger partial charge >= 0.3 is 5.97 Å². The van der Waals surface area contributed by atoms with Crippen LogP contribution in [0.2, 0.25) is 0 Å². The van der Waals surface area contributed by atoms with E-state index in [1.54, 1.807) is 4.68 Å². The molecule has 8 heteroatoms. The van der Waals surface area contributed by atoms with E-state index in [9.17, 15) is 4.79 Å². The first-order valence-corrected chi connectivity index (χ1v) is 6.34. The van der Waals surface area contributed by atoms with E-state index in [2.05, 4.69) is 20.5 Å². The molecule has 0 saturated heterocycles. The van der Waals surface area contributed by atoms with Crippen molar-refractivity contribution < 1.29 is 9.90 Å². The summed E-state index contributed by atoms with van der Waals surface area (Å²) in [4.78, 5) is 14.9. The number of rotatable bonds is 5. The minimum absolute atomic E-state index is 0.0375. The summed E-state index contributed by atoms with van der Waals surface area (Å²) in [6.07, 6.45) is 0.0927. The summed E-state index contributed by atoms with van der Waals surface area (Å²) in [6.45, 7) is 4.23. The van der Waals surface area contributed by atoms with Crippen LogP contribution in [0.15, 0.2) is 5.38 Å². The first-order chi connectivity index (χ1) is 8.56. The fourth-order valence-corrected chi connectivity index (χ4v) is 2.23. The molecule has 2 aromatic rings. The number of aryl methyl sites for hydroxylation is 1. The van der Waals surface area contributed by atoms with Crippen molar-refractivity contribution in [3.8, 4) is 11.5 Å². The molecule has 2 heterocycles. The number of hydrogen-bond acceptors (Lipinski definition) is 6. The normalized spacial score (nSPS) is 12.6. The number of nitrogens with zero attached hydrogens (tertiary/aromatic N) is 5. The van der Waals surface area contributed by atoms with Crippen LogP contribution in [0.1, 0.15) is 18.4 Å². The van der Waals surface area contributed by atoms with E-state index in [4.69, 9.17) is 5.11 Å². The third-order valence-electron chi connectivity index (χ3n) is 2.39. The van der Waals surface area contributed by atoms with Crippen LogP contribution in [0.25, 0.3) is 11.5 Å². The molecule has 0 aliphatic rings. The predicted octanol–water partition coefficient (Wildman–Crippen LogP) is 1.22. The summed E-state index contributed by atoms with van der Waals surface area (Å²) in [6, 6.07) is 0. The van der Waals surface area contributed by atoms with Gasteiger partial charge in [-0.15, -0.1) is 16.4 Å². The summed E-state index contributed by atoms with van der Waals surface area (Å²) in [7, 11) is 0. The summed E-state index contributed by atoms with van der Waals surface area (Å²) in [5.74, 6) is -0.275. The van der Waals surface area contributed by atoms with E-state index in [1.807, 2.05) is 19.2 Å². The summed E-state index contributed by atoms with van der Waals surface area (Å²) >= 11 is 1.53. The molecule has 0 fully saturated rings. The molecular formula is C10H13N5O2S. The second-order valence-corrected chi connectivity index (χ2v) is 5.20. The molecule has 2 aromatic heterocycles. The highest BCUT2D eigenvalue weighted by Gasteiger charge is 2.15. The molecule has 1 N–H and O–H groups in total. The van der Waals surface area contributed by atoms with Crippen molar-refractivity contribution in [1.29, 1.82) is 0 Å². The third-order valence-corrected chi connectivity index (χ3v) is 3.16. The van der Waals surface area contributed by atoms with E-state index < -0.39 is 5.97 Å². The van der Waals surface area contributed by atoms with Crippen molar-refractivity contribution in [1.82, 2.24) is 25.2 Å². The summed E-state index contributed by atoms with van der Waals surface area (Å²) < 4.78 is 1.60. The molecule has 0 spiro atoms. The Bertz CT molecular complexity index is 550. The van der Waals surface area contributed by atoms with Gasteiger partial charge in [-0.05, 0) is 23.3 Å². The molecule has 0 radical (unpaired) electrons.